The van der Waals surface area contributed by atoms with E-state index in [0.29, 0.717) is 25.7 Å². The molecule has 0 aromatic heterocycles. The van der Waals surface area contributed by atoms with Gasteiger partial charge in [-0.2, -0.15) is 0 Å². The zero-order valence-corrected chi connectivity index (χ0v) is 23.6. The highest BCUT2D eigenvalue weighted by atomic mass is 16.3. The number of allylic oxidation sites excluding steroid dienone is 1. The maximum atomic E-state index is 11.9. The SMILES string of the molecule is CC(C)(O)[C@@H](O)CC[C@@H](CO)[C@H]1CC[C@]2(C)C3=C(C[C@H](O)[C@@]12C)[C@]1(C)C[C@H](O)[C@H](O)C(C)(C)[C@H]1CC3. The molecule has 36 heavy (non-hydrogen) atoms. The highest BCUT2D eigenvalue weighted by Crippen LogP contribution is 2.72. The Kier molecular flexibility index (Phi) is 7.15. The van der Waals surface area contributed by atoms with Gasteiger partial charge in [0.2, 0.25) is 0 Å². The molecular weight excluding hydrogens is 456 g/mol. The molecule has 0 heterocycles. The summed E-state index contributed by atoms with van der Waals surface area (Å²) in [4.78, 5) is 0. The van der Waals surface area contributed by atoms with Crippen LogP contribution in [-0.2, 0) is 0 Å². The highest BCUT2D eigenvalue weighted by Gasteiger charge is 2.67. The van der Waals surface area contributed by atoms with Crippen molar-refractivity contribution >= 4 is 0 Å². The van der Waals surface area contributed by atoms with Crippen LogP contribution in [0.5, 0.6) is 0 Å². The summed E-state index contributed by atoms with van der Waals surface area (Å²) in [5, 5.41) is 64.7. The zero-order chi connectivity index (χ0) is 27.1. The van der Waals surface area contributed by atoms with E-state index in [4.69, 9.17) is 0 Å². The first-order valence-electron chi connectivity index (χ1n) is 14.2. The van der Waals surface area contributed by atoms with Gasteiger partial charge in [0.1, 0.15) is 0 Å². The van der Waals surface area contributed by atoms with Crippen molar-refractivity contribution in [3.63, 3.8) is 0 Å². The Bertz CT molecular complexity index is 875. The topological polar surface area (TPSA) is 121 Å². The van der Waals surface area contributed by atoms with Crippen molar-refractivity contribution in [3.8, 4) is 0 Å². The predicted octanol–water partition coefficient (Wildman–Crippen LogP) is 3.56. The molecule has 6 N–H and O–H groups in total. The third kappa shape index (κ3) is 3.88. The van der Waals surface area contributed by atoms with Crippen molar-refractivity contribution in [2.45, 2.75) is 130 Å². The third-order valence-electron chi connectivity index (χ3n) is 12.3. The van der Waals surface area contributed by atoms with Crippen LogP contribution >= 0.6 is 0 Å². The molecule has 0 aromatic rings. The zero-order valence-electron chi connectivity index (χ0n) is 23.6. The van der Waals surface area contributed by atoms with E-state index in [1.807, 2.05) is 0 Å². The van der Waals surface area contributed by atoms with Gasteiger partial charge in [-0.3, -0.25) is 0 Å². The van der Waals surface area contributed by atoms with Crippen LogP contribution in [0.1, 0.15) is 99.8 Å². The van der Waals surface area contributed by atoms with Crippen molar-refractivity contribution in [2.75, 3.05) is 6.61 Å². The number of fused-ring (bicyclic) bond motifs is 4. The van der Waals surface area contributed by atoms with Gasteiger partial charge in [-0.15, -0.1) is 0 Å². The quantitative estimate of drug-likeness (QED) is 0.305. The van der Waals surface area contributed by atoms with Gasteiger partial charge in [-0.05, 0) is 99.2 Å². The molecule has 0 unspecified atom stereocenters. The predicted molar refractivity (Wildman–Crippen MR) is 140 cm³/mol. The molecule has 0 bridgehead atoms. The molecule has 2 fully saturated rings. The van der Waals surface area contributed by atoms with Crippen LogP contribution in [0.2, 0.25) is 0 Å². The van der Waals surface area contributed by atoms with E-state index in [0.717, 1.165) is 25.7 Å². The van der Waals surface area contributed by atoms with Gasteiger partial charge in [0.15, 0.2) is 0 Å². The molecule has 6 nitrogen and oxygen atoms in total. The maximum Gasteiger partial charge on any atom is 0.0853 e. The minimum absolute atomic E-state index is 0.00555. The summed E-state index contributed by atoms with van der Waals surface area (Å²) in [5.41, 5.74) is 0.313. The smallest absolute Gasteiger partial charge is 0.0853 e. The molecule has 6 heteroatoms. The summed E-state index contributed by atoms with van der Waals surface area (Å²) in [7, 11) is 0. The summed E-state index contributed by atoms with van der Waals surface area (Å²) in [5.74, 6) is 0.308. The normalized spacial score (nSPS) is 46.1. The number of aliphatic hydroxyl groups excluding tert-OH is 5. The molecule has 0 aliphatic heterocycles. The molecule has 10 atom stereocenters. The van der Waals surface area contributed by atoms with E-state index in [-0.39, 0.29) is 35.2 Å². The van der Waals surface area contributed by atoms with Crippen LogP contribution in [-0.4, -0.2) is 67.3 Å². The van der Waals surface area contributed by atoms with Gasteiger partial charge in [0, 0.05) is 12.0 Å². The van der Waals surface area contributed by atoms with Crippen molar-refractivity contribution in [3.05, 3.63) is 11.1 Å². The lowest BCUT2D eigenvalue weighted by atomic mass is 9.42. The van der Waals surface area contributed by atoms with Crippen molar-refractivity contribution < 1.29 is 30.6 Å². The molecule has 208 valence electrons. The van der Waals surface area contributed by atoms with Crippen LogP contribution in [0.3, 0.4) is 0 Å². The molecule has 0 aromatic carbocycles. The number of hydrogen-bond acceptors (Lipinski definition) is 6. The van der Waals surface area contributed by atoms with Gasteiger partial charge < -0.3 is 30.6 Å². The first-order valence-corrected chi connectivity index (χ1v) is 14.2. The summed E-state index contributed by atoms with van der Waals surface area (Å²) >= 11 is 0. The van der Waals surface area contributed by atoms with Crippen LogP contribution in [0, 0.1) is 39.4 Å². The second-order valence-electron chi connectivity index (χ2n) is 14.7. The molecule has 4 aliphatic rings. The van der Waals surface area contributed by atoms with E-state index < -0.39 is 40.8 Å². The standard InChI is InChI=1S/C30H52O6/c1-26(2)22-10-9-19-20(28(22,5)15-21(32)25(26)35)14-24(34)30(7)18(12-13-29(19,30)6)17(16-31)8-11-23(33)27(3,4)36/h17-18,21-25,31-36H,8-16H2,1-7H3/t17-,18+,21-,22+,23-,24-,25-,28-,29+,30+/m0/s1. The van der Waals surface area contributed by atoms with E-state index >= 15 is 0 Å². The molecule has 0 spiro atoms. The molecular formula is C30H52O6. The molecule has 4 rings (SSSR count). The number of hydrogen-bond donors (Lipinski definition) is 6. The first-order chi connectivity index (χ1) is 16.5. The van der Waals surface area contributed by atoms with Crippen LogP contribution < -0.4 is 0 Å². The lowest BCUT2D eigenvalue weighted by Crippen LogP contribution is -2.61. The van der Waals surface area contributed by atoms with Gasteiger partial charge in [0.25, 0.3) is 0 Å². The summed E-state index contributed by atoms with van der Waals surface area (Å²) in [6, 6.07) is 0. The molecule has 4 aliphatic carbocycles. The Morgan fingerprint density at radius 1 is 0.972 bits per heavy atom. The summed E-state index contributed by atoms with van der Waals surface area (Å²) in [6.07, 6.45) is 2.97. The third-order valence-corrected chi connectivity index (χ3v) is 12.3. The maximum absolute atomic E-state index is 11.9. The van der Waals surface area contributed by atoms with Crippen molar-refractivity contribution in [1.29, 1.82) is 0 Å². The van der Waals surface area contributed by atoms with E-state index in [2.05, 4.69) is 34.6 Å². The minimum atomic E-state index is -1.18. The Balaban J connectivity index is 1.69. The average molecular weight is 509 g/mol. The largest absolute Gasteiger partial charge is 0.396 e. The second kappa shape index (κ2) is 9.02. The van der Waals surface area contributed by atoms with Gasteiger partial charge in [-0.1, -0.05) is 45.8 Å². The molecule has 0 saturated heterocycles. The summed E-state index contributed by atoms with van der Waals surface area (Å²) < 4.78 is 0. The monoisotopic (exact) mass is 508 g/mol. The number of aliphatic hydroxyl groups is 6. The Morgan fingerprint density at radius 3 is 2.19 bits per heavy atom. The molecule has 0 radical (unpaired) electrons. The van der Waals surface area contributed by atoms with Crippen LogP contribution in [0.15, 0.2) is 11.1 Å². The van der Waals surface area contributed by atoms with Crippen LogP contribution in [0.4, 0.5) is 0 Å². The fraction of sp³-hybridized carbons (Fsp3) is 0.933. The van der Waals surface area contributed by atoms with E-state index in [9.17, 15) is 30.6 Å². The van der Waals surface area contributed by atoms with Gasteiger partial charge in [0.05, 0.1) is 30.0 Å². The average Bonchev–Trinajstić information content (AvgIpc) is 3.06. The minimum Gasteiger partial charge on any atom is -0.396 e. The van der Waals surface area contributed by atoms with Gasteiger partial charge >= 0.3 is 0 Å². The Labute approximate surface area is 217 Å². The van der Waals surface area contributed by atoms with E-state index in [1.165, 1.54) is 11.1 Å². The fourth-order valence-electron chi connectivity index (χ4n) is 9.77. The van der Waals surface area contributed by atoms with Gasteiger partial charge in [-0.25, -0.2) is 0 Å². The fourth-order valence-corrected chi connectivity index (χ4v) is 9.77. The second-order valence-corrected chi connectivity index (χ2v) is 14.7. The molecule has 0 amide bonds. The van der Waals surface area contributed by atoms with E-state index in [1.54, 1.807) is 13.8 Å². The molecule has 2 saturated carbocycles. The lowest BCUT2D eigenvalue weighted by molar-refractivity contribution is -0.163. The van der Waals surface area contributed by atoms with Crippen molar-refractivity contribution in [1.82, 2.24) is 0 Å². The Hall–Kier alpha value is -0.500. The van der Waals surface area contributed by atoms with Crippen LogP contribution in [0.25, 0.3) is 0 Å². The lowest BCUT2D eigenvalue weighted by Gasteiger charge is -2.63. The Morgan fingerprint density at radius 2 is 1.61 bits per heavy atom. The number of rotatable bonds is 6. The first kappa shape index (κ1) is 28.5. The highest BCUT2D eigenvalue weighted by molar-refractivity contribution is 5.40. The van der Waals surface area contributed by atoms with Crippen molar-refractivity contribution in [2.24, 2.45) is 39.4 Å². The summed E-state index contributed by atoms with van der Waals surface area (Å²) in [6.45, 7) is 14.2.